The normalized spacial score (nSPS) is 27.4. The molecule has 4 rings (SSSR count). The van der Waals surface area contributed by atoms with Gasteiger partial charge in [0.05, 0.1) is 11.8 Å². The van der Waals surface area contributed by atoms with Gasteiger partial charge in [-0.05, 0) is 50.2 Å². The molecule has 1 aliphatic heterocycles. The topological polar surface area (TPSA) is 46.3 Å². The lowest BCUT2D eigenvalue weighted by atomic mass is 9.97. The molecule has 1 amide bonds. The standard InChI is InChI=1S/C22H28N2O2/c1-14(2)12-16-19(22(16,3)4)21(25)24-11-7-8-15(13-24)20-23-17-9-5-6-10-18(17)26-20/h5-6,9-10,12,15-16,19H,7-8,11,13H2,1-4H3/t15-,16+,19-/m0/s1. The molecule has 2 heterocycles. The molecule has 1 aliphatic carbocycles. The Morgan fingerprint density at radius 2 is 2.08 bits per heavy atom. The van der Waals surface area contributed by atoms with Gasteiger partial charge in [-0.2, -0.15) is 0 Å². The quantitative estimate of drug-likeness (QED) is 0.747. The number of hydrogen-bond donors (Lipinski definition) is 0. The van der Waals surface area contributed by atoms with Gasteiger partial charge < -0.3 is 9.32 Å². The summed E-state index contributed by atoms with van der Waals surface area (Å²) in [6.07, 6.45) is 4.31. The van der Waals surface area contributed by atoms with Gasteiger partial charge in [0, 0.05) is 13.1 Å². The van der Waals surface area contributed by atoms with E-state index < -0.39 is 0 Å². The minimum absolute atomic E-state index is 0.0684. The number of nitrogens with zero attached hydrogens (tertiary/aromatic N) is 2. The van der Waals surface area contributed by atoms with E-state index in [4.69, 9.17) is 4.42 Å². The first-order valence-electron chi connectivity index (χ1n) is 9.67. The highest BCUT2D eigenvalue weighted by molar-refractivity contribution is 5.84. The molecule has 2 aromatic rings. The Kier molecular flexibility index (Phi) is 4.17. The fourth-order valence-corrected chi connectivity index (χ4v) is 4.46. The summed E-state index contributed by atoms with van der Waals surface area (Å²) in [5, 5.41) is 0. The molecule has 0 spiro atoms. The third-order valence-electron chi connectivity index (χ3n) is 6.08. The molecule has 1 saturated heterocycles. The van der Waals surface area contributed by atoms with E-state index in [1.165, 1.54) is 5.57 Å². The van der Waals surface area contributed by atoms with Crippen molar-refractivity contribution >= 4 is 17.0 Å². The number of carbonyl (C=O) groups excluding carboxylic acids is 1. The van der Waals surface area contributed by atoms with Crippen molar-refractivity contribution in [1.29, 1.82) is 0 Å². The first-order valence-corrected chi connectivity index (χ1v) is 9.67. The van der Waals surface area contributed by atoms with Crippen LogP contribution in [0.25, 0.3) is 11.1 Å². The monoisotopic (exact) mass is 352 g/mol. The number of rotatable bonds is 3. The Labute approximate surface area is 155 Å². The van der Waals surface area contributed by atoms with Crippen molar-refractivity contribution in [1.82, 2.24) is 9.88 Å². The van der Waals surface area contributed by atoms with Crippen molar-refractivity contribution in [3.8, 4) is 0 Å². The molecule has 138 valence electrons. The fraction of sp³-hybridized carbons (Fsp3) is 0.545. The van der Waals surface area contributed by atoms with Gasteiger partial charge in [-0.15, -0.1) is 0 Å². The van der Waals surface area contributed by atoms with Gasteiger partial charge in [0.15, 0.2) is 11.5 Å². The minimum atomic E-state index is 0.0684. The summed E-state index contributed by atoms with van der Waals surface area (Å²) >= 11 is 0. The first-order chi connectivity index (χ1) is 12.4. The highest BCUT2D eigenvalue weighted by Gasteiger charge is 2.61. The molecule has 1 aromatic heterocycles. The number of carbonyl (C=O) groups is 1. The van der Waals surface area contributed by atoms with Gasteiger partial charge in [-0.25, -0.2) is 4.98 Å². The van der Waals surface area contributed by atoms with E-state index in [-0.39, 0.29) is 17.3 Å². The number of fused-ring (bicyclic) bond motifs is 1. The van der Waals surface area contributed by atoms with Crippen LogP contribution in [0.3, 0.4) is 0 Å². The number of benzene rings is 1. The van der Waals surface area contributed by atoms with Crippen molar-refractivity contribution in [2.24, 2.45) is 17.3 Å². The molecule has 0 bridgehead atoms. The first kappa shape index (κ1) is 17.3. The number of para-hydroxylation sites is 2. The molecular weight excluding hydrogens is 324 g/mol. The Balaban J connectivity index is 1.50. The minimum Gasteiger partial charge on any atom is -0.440 e. The number of allylic oxidation sites excluding steroid dienone is 2. The number of oxazole rings is 1. The summed E-state index contributed by atoms with van der Waals surface area (Å²) in [5.74, 6) is 1.76. The smallest absolute Gasteiger partial charge is 0.226 e. The molecule has 3 atom stereocenters. The van der Waals surface area contributed by atoms with Crippen LogP contribution in [-0.2, 0) is 4.79 Å². The molecule has 26 heavy (non-hydrogen) atoms. The van der Waals surface area contributed by atoms with Crippen LogP contribution in [0, 0.1) is 17.3 Å². The Morgan fingerprint density at radius 1 is 1.31 bits per heavy atom. The summed E-state index contributed by atoms with van der Waals surface area (Å²) in [7, 11) is 0. The van der Waals surface area contributed by atoms with E-state index in [1.54, 1.807) is 0 Å². The van der Waals surface area contributed by atoms with E-state index in [0.29, 0.717) is 11.8 Å². The largest absolute Gasteiger partial charge is 0.440 e. The molecule has 1 aromatic carbocycles. The second-order valence-corrected chi connectivity index (χ2v) is 8.71. The molecular formula is C22H28N2O2. The van der Waals surface area contributed by atoms with Crippen molar-refractivity contribution < 1.29 is 9.21 Å². The Morgan fingerprint density at radius 3 is 2.81 bits per heavy atom. The molecule has 4 nitrogen and oxygen atoms in total. The van der Waals surface area contributed by atoms with E-state index in [2.05, 4.69) is 38.8 Å². The SMILES string of the molecule is CC(C)=C[C@@H]1[C@@H](C(=O)N2CCC[C@H](c3nc4ccccc4o3)C2)C1(C)C. The zero-order chi connectivity index (χ0) is 18.5. The summed E-state index contributed by atoms with van der Waals surface area (Å²) in [4.78, 5) is 19.9. The van der Waals surface area contributed by atoms with Crippen LogP contribution in [0.5, 0.6) is 0 Å². The lowest BCUT2D eigenvalue weighted by Crippen LogP contribution is -2.40. The molecule has 0 radical (unpaired) electrons. The van der Waals surface area contributed by atoms with E-state index >= 15 is 0 Å². The zero-order valence-electron chi connectivity index (χ0n) is 16.2. The van der Waals surface area contributed by atoms with Gasteiger partial charge in [0.2, 0.25) is 5.91 Å². The Bertz CT molecular complexity index is 827. The van der Waals surface area contributed by atoms with Gasteiger partial charge in [-0.3, -0.25) is 4.79 Å². The highest BCUT2D eigenvalue weighted by Crippen LogP contribution is 2.60. The molecule has 0 unspecified atom stereocenters. The van der Waals surface area contributed by atoms with Crippen LogP contribution in [0.15, 0.2) is 40.3 Å². The second-order valence-electron chi connectivity index (χ2n) is 8.71. The molecule has 2 fully saturated rings. The number of likely N-dealkylation sites (tertiary alicyclic amines) is 1. The van der Waals surface area contributed by atoms with E-state index in [9.17, 15) is 4.79 Å². The predicted molar refractivity (Wildman–Crippen MR) is 103 cm³/mol. The average molecular weight is 352 g/mol. The number of amides is 1. The van der Waals surface area contributed by atoms with Gasteiger partial charge in [-0.1, -0.05) is 37.6 Å². The third-order valence-corrected chi connectivity index (χ3v) is 6.08. The number of hydrogen-bond acceptors (Lipinski definition) is 3. The lowest BCUT2D eigenvalue weighted by Gasteiger charge is -2.31. The fourth-order valence-electron chi connectivity index (χ4n) is 4.46. The zero-order valence-corrected chi connectivity index (χ0v) is 16.2. The lowest BCUT2D eigenvalue weighted by molar-refractivity contribution is -0.134. The van der Waals surface area contributed by atoms with Crippen LogP contribution in [0.1, 0.15) is 52.3 Å². The third kappa shape index (κ3) is 2.95. The maximum absolute atomic E-state index is 13.2. The summed E-state index contributed by atoms with van der Waals surface area (Å²) in [6.45, 7) is 10.2. The van der Waals surface area contributed by atoms with Crippen LogP contribution in [0.2, 0.25) is 0 Å². The van der Waals surface area contributed by atoms with Crippen molar-refractivity contribution in [3.05, 3.63) is 41.8 Å². The summed E-state index contributed by atoms with van der Waals surface area (Å²) in [5.41, 5.74) is 3.09. The molecule has 4 heteroatoms. The molecule has 2 aliphatic rings. The van der Waals surface area contributed by atoms with Gasteiger partial charge in [0.25, 0.3) is 0 Å². The highest BCUT2D eigenvalue weighted by atomic mass is 16.3. The van der Waals surface area contributed by atoms with Gasteiger partial charge in [0.1, 0.15) is 5.52 Å². The van der Waals surface area contributed by atoms with E-state index in [0.717, 1.165) is 42.9 Å². The molecule has 1 saturated carbocycles. The van der Waals surface area contributed by atoms with Crippen LogP contribution in [0.4, 0.5) is 0 Å². The Hall–Kier alpha value is -2.10. The van der Waals surface area contributed by atoms with Crippen molar-refractivity contribution in [2.45, 2.75) is 46.5 Å². The van der Waals surface area contributed by atoms with Crippen LogP contribution >= 0.6 is 0 Å². The van der Waals surface area contributed by atoms with Crippen molar-refractivity contribution in [3.63, 3.8) is 0 Å². The average Bonchev–Trinajstić information content (AvgIpc) is 2.96. The van der Waals surface area contributed by atoms with Crippen LogP contribution < -0.4 is 0 Å². The van der Waals surface area contributed by atoms with Crippen LogP contribution in [-0.4, -0.2) is 28.9 Å². The molecule has 0 N–H and O–H groups in total. The number of piperidine rings is 1. The van der Waals surface area contributed by atoms with Gasteiger partial charge >= 0.3 is 0 Å². The number of aromatic nitrogens is 1. The summed E-state index contributed by atoms with van der Waals surface area (Å²) < 4.78 is 5.97. The van der Waals surface area contributed by atoms with Crippen molar-refractivity contribution in [2.75, 3.05) is 13.1 Å². The predicted octanol–water partition coefficient (Wildman–Crippen LogP) is 4.77. The maximum Gasteiger partial charge on any atom is 0.226 e. The second kappa shape index (κ2) is 6.26. The maximum atomic E-state index is 13.2. The van der Waals surface area contributed by atoms with E-state index in [1.807, 2.05) is 29.2 Å². The summed E-state index contributed by atoms with van der Waals surface area (Å²) in [6, 6.07) is 7.87.